The highest BCUT2D eigenvalue weighted by Gasteiger charge is 2.26. The monoisotopic (exact) mass is 271 g/mol. The number of nitrogens with zero attached hydrogens (tertiary/aromatic N) is 1. The molecule has 0 aromatic heterocycles. The lowest BCUT2D eigenvalue weighted by atomic mass is 10.2. The summed E-state index contributed by atoms with van der Waals surface area (Å²) in [6.07, 6.45) is 0.704. The van der Waals surface area contributed by atoms with E-state index < -0.39 is 16.0 Å². The minimum atomic E-state index is -3.65. The van der Waals surface area contributed by atoms with Gasteiger partial charge < -0.3 is 4.74 Å². The molecule has 0 atom stereocenters. The molecule has 0 saturated carbocycles. The Kier molecular flexibility index (Phi) is 4.86. The quantitative estimate of drug-likeness (QED) is 0.761. The zero-order valence-electron chi connectivity index (χ0n) is 10.7. The first kappa shape index (κ1) is 14.7. The topological polar surface area (TPSA) is 63.7 Å². The highest BCUT2D eigenvalue weighted by Crippen LogP contribution is 2.20. The Morgan fingerprint density at radius 1 is 1.33 bits per heavy atom. The minimum Gasteiger partial charge on any atom is -0.465 e. The van der Waals surface area contributed by atoms with Crippen LogP contribution < -0.4 is 0 Å². The van der Waals surface area contributed by atoms with Crippen LogP contribution in [0.4, 0.5) is 0 Å². The fourth-order valence-electron chi connectivity index (χ4n) is 1.57. The van der Waals surface area contributed by atoms with Gasteiger partial charge in [0.25, 0.3) is 0 Å². The maximum absolute atomic E-state index is 12.3. The minimum absolute atomic E-state index is 0.0206. The lowest BCUT2D eigenvalue weighted by Crippen LogP contribution is -2.29. The summed E-state index contributed by atoms with van der Waals surface area (Å²) >= 11 is 0. The lowest BCUT2D eigenvalue weighted by molar-refractivity contribution is 0.0596. The number of esters is 1. The van der Waals surface area contributed by atoms with E-state index in [1.807, 2.05) is 6.92 Å². The third-order valence-electron chi connectivity index (χ3n) is 2.52. The Bertz CT molecular complexity index is 525. The molecule has 0 unspecified atom stereocenters. The average Bonchev–Trinajstić information content (AvgIpc) is 2.38. The van der Waals surface area contributed by atoms with Crippen molar-refractivity contribution in [1.82, 2.24) is 4.31 Å². The number of hydrogen-bond donors (Lipinski definition) is 0. The SMILES string of the molecule is CCCN(C)S(=O)(=O)c1ccccc1C(=O)OC. The summed E-state index contributed by atoms with van der Waals surface area (Å²) in [6, 6.07) is 6.04. The molecule has 18 heavy (non-hydrogen) atoms. The van der Waals surface area contributed by atoms with Gasteiger partial charge in [-0.15, -0.1) is 0 Å². The molecule has 100 valence electrons. The van der Waals surface area contributed by atoms with E-state index in [4.69, 9.17) is 0 Å². The third kappa shape index (κ3) is 2.88. The molecule has 1 rings (SSSR count). The van der Waals surface area contributed by atoms with E-state index in [9.17, 15) is 13.2 Å². The Morgan fingerprint density at radius 2 is 1.94 bits per heavy atom. The first-order valence-corrected chi connectivity index (χ1v) is 7.02. The molecule has 0 amide bonds. The number of benzene rings is 1. The van der Waals surface area contributed by atoms with Crippen molar-refractivity contribution < 1.29 is 17.9 Å². The molecule has 0 aliphatic rings. The van der Waals surface area contributed by atoms with Crippen LogP contribution in [0, 0.1) is 0 Å². The predicted molar refractivity (Wildman–Crippen MR) is 67.9 cm³/mol. The number of rotatable bonds is 5. The summed E-state index contributed by atoms with van der Waals surface area (Å²) in [5.74, 6) is -0.654. The van der Waals surface area contributed by atoms with Crippen LogP contribution in [-0.2, 0) is 14.8 Å². The number of methoxy groups -OCH3 is 1. The molecule has 0 N–H and O–H groups in total. The van der Waals surface area contributed by atoms with Gasteiger partial charge in [-0.2, -0.15) is 0 Å². The van der Waals surface area contributed by atoms with Crippen LogP contribution in [-0.4, -0.2) is 39.4 Å². The Morgan fingerprint density at radius 3 is 2.50 bits per heavy atom. The van der Waals surface area contributed by atoms with Gasteiger partial charge in [-0.1, -0.05) is 19.1 Å². The van der Waals surface area contributed by atoms with Crippen LogP contribution in [0.1, 0.15) is 23.7 Å². The van der Waals surface area contributed by atoms with Gasteiger partial charge in [-0.05, 0) is 18.6 Å². The fraction of sp³-hybridized carbons (Fsp3) is 0.417. The van der Waals surface area contributed by atoms with Gasteiger partial charge in [0.05, 0.1) is 17.6 Å². The summed E-state index contributed by atoms with van der Waals surface area (Å²) in [4.78, 5) is 11.5. The highest BCUT2D eigenvalue weighted by molar-refractivity contribution is 7.89. The zero-order chi connectivity index (χ0) is 13.8. The molecule has 1 aromatic carbocycles. The molecule has 0 spiro atoms. The summed E-state index contributed by atoms with van der Waals surface area (Å²) in [6.45, 7) is 2.29. The second kappa shape index (κ2) is 5.97. The van der Waals surface area contributed by atoms with Crippen molar-refractivity contribution >= 4 is 16.0 Å². The number of carbonyl (C=O) groups is 1. The Hall–Kier alpha value is -1.40. The van der Waals surface area contributed by atoms with E-state index in [0.29, 0.717) is 13.0 Å². The van der Waals surface area contributed by atoms with Gasteiger partial charge in [0.15, 0.2) is 0 Å². The molecule has 5 nitrogen and oxygen atoms in total. The number of sulfonamides is 1. The van der Waals surface area contributed by atoms with E-state index in [2.05, 4.69) is 4.74 Å². The van der Waals surface area contributed by atoms with Crippen LogP contribution >= 0.6 is 0 Å². The maximum Gasteiger partial charge on any atom is 0.339 e. The summed E-state index contributed by atoms with van der Waals surface area (Å²) in [7, 11) is -0.938. The van der Waals surface area contributed by atoms with Gasteiger partial charge in [0, 0.05) is 13.6 Å². The van der Waals surface area contributed by atoms with Crippen molar-refractivity contribution in [3.8, 4) is 0 Å². The molecule has 1 aromatic rings. The fourth-order valence-corrected chi connectivity index (χ4v) is 3.01. The number of carbonyl (C=O) groups excluding carboxylic acids is 1. The van der Waals surface area contributed by atoms with Crippen molar-refractivity contribution in [2.24, 2.45) is 0 Å². The largest absolute Gasteiger partial charge is 0.465 e. The van der Waals surface area contributed by atoms with E-state index in [0.717, 1.165) is 0 Å². The standard InChI is InChI=1S/C12H17NO4S/c1-4-9-13(2)18(15,16)11-8-6-5-7-10(11)12(14)17-3/h5-8H,4,9H2,1-3H3. The molecule has 6 heteroatoms. The van der Waals surface area contributed by atoms with Crippen molar-refractivity contribution in [2.45, 2.75) is 18.2 Å². The highest BCUT2D eigenvalue weighted by atomic mass is 32.2. The average molecular weight is 271 g/mol. The van der Waals surface area contributed by atoms with E-state index in [-0.39, 0.29) is 10.5 Å². The van der Waals surface area contributed by atoms with E-state index in [1.54, 1.807) is 12.1 Å². The van der Waals surface area contributed by atoms with Crippen LogP contribution in [0.3, 0.4) is 0 Å². The first-order valence-electron chi connectivity index (χ1n) is 5.58. The first-order chi connectivity index (χ1) is 8.45. The molecular weight excluding hydrogens is 254 g/mol. The second-order valence-corrected chi connectivity index (χ2v) is 5.83. The molecular formula is C12H17NO4S. The molecule has 0 radical (unpaired) electrons. The lowest BCUT2D eigenvalue weighted by Gasteiger charge is -2.17. The maximum atomic E-state index is 12.3. The van der Waals surface area contributed by atoms with E-state index >= 15 is 0 Å². The van der Waals surface area contributed by atoms with Crippen LogP contribution in [0.5, 0.6) is 0 Å². The second-order valence-electron chi connectivity index (χ2n) is 3.81. The molecule has 0 fully saturated rings. The zero-order valence-corrected chi connectivity index (χ0v) is 11.5. The van der Waals surface area contributed by atoms with Crippen molar-refractivity contribution in [1.29, 1.82) is 0 Å². The smallest absolute Gasteiger partial charge is 0.339 e. The van der Waals surface area contributed by atoms with Gasteiger partial charge in [0.1, 0.15) is 0 Å². The summed E-state index contributed by atoms with van der Waals surface area (Å²) in [5.41, 5.74) is 0.0583. The van der Waals surface area contributed by atoms with Crippen molar-refractivity contribution in [2.75, 3.05) is 20.7 Å². The van der Waals surface area contributed by atoms with Gasteiger partial charge in [0.2, 0.25) is 10.0 Å². The molecule has 0 aliphatic heterocycles. The number of ether oxygens (including phenoxy) is 1. The van der Waals surface area contributed by atoms with Gasteiger partial charge in [-0.25, -0.2) is 17.5 Å². The van der Waals surface area contributed by atoms with Crippen LogP contribution in [0.15, 0.2) is 29.2 Å². The molecule has 0 saturated heterocycles. The molecule has 0 heterocycles. The van der Waals surface area contributed by atoms with Crippen LogP contribution in [0.2, 0.25) is 0 Å². The summed E-state index contributed by atoms with van der Waals surface area (Å²) < 4.78 is 30.4. The predicted octanol–water partition coefficient (Wildman–Crippen LogP) is 1.50. The Labute approximate surface area is 107 Å². The van der Waals surface area contributed by atoms with Crippen LogP contribution in [0.25, 0.3) is 0 Å². The molecule has 0 bridgehead atoms. The van der Waals surface area contributed by atoms with Gasteiger partial charge >= 0.3 is 5.97 Å². The van der Waals surface area contributed by atoms with Crippen molar-refractivity contribution in [3.63, 3.8) is 0 Å². The normalized spacial score (nSPS) is 11.6. The van der Waals surface area contributed by atoms with Gasteiger partial charge in [-0.3, -0.25) is 0 Å². The third-order valence-corrected chi connectivity index (χ3v) is 4.43. The Balaban J connectivity index is 3.29. The molecule has 0 aliphatic carbocycles. The number of hydrogen-bond acceptors (Lipinski definition) is 4. The van der Waals surface area contributed by atoms with E-state index in [1.165, 1.54) is 30.6 Å². The summed E-state index contributed by atoms with van der Waals surface area (Å²) in [5, 5.41) is 0. The van der Waals surface area contributed by atoms with Crippen molar-refractivity contribution in [3.05, 3.63) is 29.8 Å².